The van der Waals surface area contributed by atoms with Crippen molar-refractivity contribution >= 4 is 34.0 Å². The van der Waals surface area contributed by atoms with E-state index >= 15 is 0 Å². The molecule has 0 saturated heterocycles. The smallest absolute Gasteiger partial charge is 0.335 e. The van der Waals surface area contributed by atoms with Crippen LogP contribution in [0.1, 0.15) is 16.1 Å². The fraction of sp³-hybridized carbons (Fsp3) is 0.0769. The van der Waals surface area contributed by atoms with Crippen molar-refractivity contribution in [3.05, 3.63) is 46.7 Å². The zero-order chi connectivity index (χ0) is 13.9. The highest BCUT2D eigenvalue weighted by atomic mass is 32.1. The first-order valence-electron chi connectivity index (χ1n) is 5.83. The molecule has 0 atom stereocenters. The first-order chi connectivity index (χ1) is 9.74. The maximum absolute atomic E-state index is 10.9. The number of fused-ring (bicyclic) bond motifs is 1. The molecule has 2 N–H and O–H groups in total. The molecule has 0 amide bonds. The van der Waals surface area contributed by atoms with Gasteiger partial charge >= 0.3 is 5.97 Å². The lowest BCUT2D eigenvalue weighted by molar-refractivity contribution is 0.0697. The molecule has 0 aliphatic rings. The van der Waals surface area contributed by atoms with E-state index in [9.17, 15) is 4.79 Å². The maximum atomic E-state index is 10.9. The minimum absolute atomic E-state index is 0.210. The van der Waals surface area contributed by atoms with Crippen LogP contribution in [0.4, 0.5) is 5.82 Å². The molecule has 0 bridgehead atoms. The SMILES string of the molecule is O=C(O)c1ccc2c(NCc3cscn3)ncnc2c1. The summed E-state index contributed by atoms with van der Waals surface area (Å²) < 4.78 is 0. The molecule has 0 aliphatic carbocycles. The van der Waals surface area contributed by atoms with E-state index in [1.54, 1.807) is 17.6 Å². The van der Waals surface area contributed by atoms with E-state index in [0.717, 1.165) is 11.1 Å². The zero-order valence-corrected chi connectivity index (χ0v) is 11.1. The summed E-state index contributed by atoms with van der Waals surface area (Å²) in [6, 6.07) is 4.79. The summed E-state index contributed by atoms with van der Waals surface area (Å²) in [4.78, 5) is 23.4. The minimum Gasteiger partial charge on any atom is -0.478 e. The molecular formula is C13H10N4O2S. The molecule has 0 aliphatic heterocycles. The molecule has 7 heteroatoms. The van der Waals surface area contributed by atoms with Gasteiger partial charge in [-0.15, -0.1) is 11.3 Å². The molecule has 0 spiro atoms. The van der Waals surface area contributed by atoms with Gasteiger partial charge in [-0.1, -0.05) is 0 Å². The number of carboxylic acids is 1. The van der Waals surface area contributed by atoms with Gasteiger partial charge in [0.05, 0.1) is 28.8 Å². The monoisotopic (exact) mass is 286 g/mol. The van der Waals surface area contributed by atoms with Crippen molar-refractivity contribution in [2.75, 3.05) is 5.32 Å². The van der Waals surface area contributed by atoms with E-state index in [0.29, 0.717) is 17.9 Å². The number of thiazole rings is 1. The summed E-state index contributed by atoms with van der Waals surface area (Å²) in [5, 5.41) is 14.9. The lowest BCUT2D eigenvalue weighted by Crippen LogP contribution is -2.03. The number of hydrogen-bond acceptors (Lipinski definition) is 6. The number of nitrogens with one attached hydrogen (secondary N) is 1. The summed E-state index contributed by atoms with van der Waals surface area (Å²) in [7, 11) is 0. The number of carbonyl (C=O) groups is 1. The van der Waals surface area contributed by atoms with Gasteiger partial charge in [-0.3, -0.25) is 0 Å². The van der Waals surface area contributed by atoms with Crippen molar-refractivity contribution in [2.24, 2.45) is 0 Å². The molecule has 3 rings (SSSR count). The van der Waals surface area contributed by atoms with Gasteiger partial charge in [0, 0.05) is 10.8 Å². The fourth-order valence-corrected chi connectivity index (χ4v) is 2.39. The molecule has 100 valence electrons. The normalized spacial score (nSPS) is 10.6. The van der Waals surface area contributed by atoms with Crippen molar-refractivity contribution in [2.45, 2.75) is 6.54 Å². The van der Waals surface area contributed by atoms with Gasteiger partial charge in [0.15, 0.2) is 0 Å². The Bertz CT molecular complexity index is 758. The number of carboxylic acid groups (broad SMARTS) is 1. The van der Waals surface area contributed by atoms with Gasteiger partial charge < -0.3 is 10.4 Å². The zero-order valence-electron chi connectivity index (χ0n) is 10.3. The largest absolute Gasteiger partial charge is 0.478 e. The Morgan fingerprint density at radius 3 is 2.95 bits per heavy atom. The highest BCUT2D eigenvalue weighted by Gasteiger charge is 2.08. The maximum Gasteiger partial charge on any atom is 0.335 e. The molecule has 1 aromatic carbocycles. The third-order valence-electron chi connectivity index (χ3n) is 2.80. The van der Waals surface area contributed by atoms with E-state index in [4.69, 9.17) is 5.11 Å². The molecule has 2 aromatic heterocycles. The second-order valence-corrected chi connectivity index (χ2v) is 4.81. The predicted octanol–water partition coefficient (Wildman–Crippen LogP) is 2.40. The molecular weight excluding hydrogens is 276 g/mol. The molecule has 0 unspecified atom stereocenters. The Hall–Kier alpha value is -2.54. The van der Waals surface area contributed by atoms with Crippen LogP contribution < -0.4 is 5.32 Å². The molecule has 6 nitrogen and oxygen atoms in total. The number of aromatic carboxylic acids is 1. The predicted molar refractivity (Wildman–Crippen MR) is 75.9 cm³/mol. The van der Waals surface area contributed by atoms with E-state index < -0.39 is 5.97 Å². The Morgan fingerprint density at radius 1 is 1.30 bits per heavy atom. The molecule has 0 saturated carbocycles. The van der Waals surface area contributed by atoms with Crippen molar-refractivity contribution in [3.63, 3.8) is 0 Å². The number of rotatable bonds is 4. The summed E-state index contributed by atoms with van der Waals surface area (Å²) in [6.07, 6.45) is 1.41. The van der Waals surface area contributed by atoms with Crippen LogP contribution in [-0.2, 0) is 6.54 Å². The lowest BCUT2D eigenvalue weighted by atomic mass is 10.1. The number of anilines is 1. The van der Waals surface area contributed by atoms with Crippen molar-refractivity contribution < 1.29 is 9.90 Å². The molecule has 20 heavy (non-hydrogen) atoms. The van der Waals surface area contributed by atoms with Crippen molar-refractivity contribution in [1.82, 2.24) is 15.0 Å². The molecule has 0 radical (unpaired) electrons. The average Bonchev–Trinajstić information content (AvgIpc) is 2.97. The number of aromatic nitrogens is 3. The van der Waals surface area contributed by atoms with E-state index in [2.05, 4.69) is 20.3 Å². The highest BCUT2D eigenvalue weighted by Crippen LogP contribution is 2.21. The number of benzene rings is 1. The Balaban J connectivity index is 1.93. The number of hydrogen-bond donors (Lipinski definition) is 2. The van der Waals surface area contributed by atoms with Gasteiger partial charge in [-0.25, -0.2) is 19.7 Å². The highest BCUT2D eigenvalue weighted by molar-refractivity contribution is 7.07. The van der Waals surface area contributed by atoms with Gasteiger partial charge in [0.2, 0.25) is 0 Å². The average molecular weight is 286 g/mol. The van der Waals surface area contributed by atoms with E-state index in [1.165, 1.54) is 23.7 Å². The summed E-state index contributed by atoms with van der Waals surface area (Å²) in [5.74, 6) is -0.303. The Morgan fingerprint density at radius 2 is 2.20 bits per heavy atom. The van der Waals surface area contributed by atoms with Crippen molar-refractivity contribution in [3.8, 4) is 0 Å². The van der Waals surface area contributed by atoms with Gasteiger partial charge in [0.1, 0.15) is 12.1 Å². The Labute approximate surface area is 118 Å². The van der Waals surface area contributed by atoms with Gasteiger partial charge in [-0.05, 0) is 18.2 Å². The van der Waals surface area contributed by atoms with Crippen LogP contribution in [0.3, 0.4) is 0 Å². The topological polar surface area (TPSA) is 88.0 Å². The summed E-state index contributed by atoms with van der Waals surface area (Å²) in [5.41, 5.74) is 3.51. The van der Waals surface area contributed by atoms with Crippen LogP contribution >= 0.6 is 11.3 Å². The van der Waals surface area contributed by atoms with E-state index in [-0.39, 0.29) is 5.56 Å². The van der Waals surface area contributed by atoms with Gasteiger partial charge in [0.25, 0.3) is 0 Å². The van der Waals surface area contributed by atoms with Crippen LogP contribution in [0.2, 0.25) is 0 Å². The first kappa shape index (κ1) is 12.5. The third kappa shape index (κ3) is 2.43. The summed E-state index contributed by atoms with van der Waals surface area (Å²) >= 11 is 1.53. The summed E-state index contributed by atoms with van der Waals surface area (Å²) in [6.45, 7) is 0.566. The lowest BCUT2D eigenvalue weighted by Gasteiger charge is -2.07. The standard InChI is InChI=1S/C13H10N4O2S/c18-13(19)8-1-2-10-11(3-8)15-6-16-12(10)14-4-9-5-20-7-17-9/h1-3,5-7H,4H2,(H,18,19)(H,14,15,16). The van der Waals surface area contributed by atoms with Crippen LogP contribution in [0.25, 0.3) is 10.9 Å². The quantitative estimate of drug-likeness (QED) is 0.765. The van der Waals surface area contributed by atoms with Crippen LogP contribution in [0, 0.1) is 0 Å². The third-order valence-corrected chi connectivity index (χ3v) is 3.44. The van der Waals surface area contributed by atoms with Crippen molar-refractivity contribution in [1.29, 1.82) is 0 Å². The van der Waals surface area contributed by atoms with Crippen LogP contribution in [0.15, 0.2) is 35.4 Å². The van der Waals surface area contributed by atoms with Gasteiger partial charge in [-0.2, -0.15) is 0 Å². The van der Waals surface area contributed by atoms with E-state index in [1.807, 2.05) is 5.38 Å². The molecule has 0 fully saturated rings. The Kier molecular flexibility index (Phi) is 3.26. The number of nitrogens with zero attached hydrogens (tertiary/aromatic N) is 3. The van der Waals surface area contributed by atoms with Crippen LogP contribution in [0.5, 0.6) is 0 Å². The first-order valence-corrected chi connectivity index (χ1v) is 6.77. The van der Waals surface area contributed by atoms with Crippen LogP contribution in [-0.4, -0.2) is 26.0 Å². The molecule has 3 aromatic rings. The second-order valence-electron chi connectivity index (χ2n) is 4.09. The molecule has 2 heterocycles. The fourth-order valence-electron chi connectivity index (χ4n) is 1.83. The second kappa shape index (κ2) is 5.22. The minimum atomic E-state index is -0.970.